The molecule has 0 aliphatic carbocycles. The molecule has 1 aliphatic rings. The molecule has 0 bridgehead atoms. The van der Waals surface area contributed by atoms with Crippen molar-refractivity contribution in [3.63, 3.8) is 0 Å². The molecule has 516 valence electrons. The van der Waals surface area contributed by atoms with Gasteiger partial charge in [0.25, 0.3) is 0 Å². The van der Waals surface area contributed by atoms with Crippen molar-refractivity contribution in [1.82, 2.24) is 19.9 Å². The number of thiol groups is 1. The molecule has 21 heteroatoms. The number of aromatic amines is 4. The number of carbonyl (C=O) groups excluding carboxylic acids is 2. The van der Waals surface area contributed by atoms with Crippen LogP contribution in [0.4, 0.5) is 0 Å². The summed E-state index contributed by atoms with van der Waals surface area (Å²) < 4.78 is 28.4. The highest BCUT2D eigenvalue weighted by Gasteiger charge is 2.18. The molecular formula is C79H78BBr3N4O12S. The fourth-order valence-corrected chi connectivity index (χ4v) is 11.4. The van der Waals surface area contributed by atoms with E-state index in [0.29, 0.717) is 99.1 Å². The molecule has 16 nitrogen and oxygen atoms in total. The summed E-state index contributed by atoms with van der Waals surface area (Å²) >= 11 is 13.5. The number of H-pyrrole nitrogens is 4. The van der Waals surface area contributed by atoms with Crippen LogP contribution in [0.1, 0.15) is 92.8 Å². The molecule has 100 heavy (non-hydrogen) atoms. The number of aromatic nitrogens is 4. The highest BCUT2D eigenvalue weighted by molar-refractivity contribution is 9.09. The van der Waals surface area contributed by atoms with E-state index in [2.05, 4.69) is 101 Å². The van der Waals surface area contributed by atoms with Gasteiger partial charge in [-0.1, -0.05) is 195 Å². The normalized spacial score (nSPS) is 11.7. The first-order valence-electron chi connectivity index (χ1n) is 32.0. The molecule has 4 aromatic heterocycles. The molecule has 13 rings (SSSR count). The number of hydrogen-bond donors (Lipinski definition) is 6. The van der Waals surface area contributed by atoms with Gasteiger partial charge >= 0.3 is 0 Å². The quantitative estimate of drug-likeness (QED) is 0.0192. The predicted octanol–water partition coefficient (Wildman–Crippen LogP) is 16.7. The Morgan fingerprint density at radius 3 is 1.07 bits per heavy atom. The lowest BCUT2D eigenvalue weighted by Gasteiger charge is -2.15. The second-order valence-electron chi connectivity index (χ2n) is 22.2. The SMILES string of the molecule is C1CCOC1.CC(=O)c1ccc(OCc2ccccc2)c2[nH]c(=O)ccc12.CS.C[C@@H](CBr)c1ccc(OCc2ccccc2)c2[nH]c(=O)ccc12.O=C(CBr)c1ccc(OCc2ccccc2)c2[nH]c(=O)ccc12.O=c1ccc2c([C@@H](O)CBr)ccc(OCc3ccccc3)c2[nH]1.[B]C. The lowest BCUT2D eigenvalue weighted by molar-refractivity contribution is 0.101. The van der Waals surface area contributed by atoms with Gasteiger partial charge in [-0.15, -0.1) is 0 Å². The molecular weight excluding hydrogens is 1480 g/mol. The number of hydrogen-bond acceptors (Lipinski definition) is 13. The Balaban J connectivity index is 0.000000180. The number of aliphatic hydroxyl groups is 1. The maximum absolute atomic E-state index is 12.0. The zero-order valence-corrected chi connectivity index (χ0v) is 61.5. The summed E-state index contributed by atoms with van der Waals surface area (Å²) in [5.41, 5.74) is 8.95. The number of carbonyl (C=O) groups is 2. The lowest BCUT2D eigenvalue weighted by atomic mass is 9.98. The van der Waals surface area contributed by atoms with E-state index in [-0.39, 0.29) is 39.1 Å². The van der Waals surface area contributed by atoms with Crippen molar-refractivity contribution >= 4 is 123 Å². The van der Waals surface area contributed by atoms with Crippen molar-refractivity contribution in [2.45, 2.75) is 72.0 Å². The number of ether oxygens (including phenoxy) is 5. The van der Waals surface area contributed by atoms with Crippen LogP contribution in [0, 0.1) is 0 Å². The van der Waals surface area contributed by atoms with Gasteiger partial charge < -0.3 is 48.7 Å². The second-order valence-corrected chi connectivity index (χ2v) is 24.1. The second kappa shape index (κ2) is 41.5. The van der Waals surface area contributed by atoms with Gasteiger partial charge in [0.15, 0.2) is 11.6 Å². The van der Waals surface area contributed by atoms with Crippen molar-refractivity contribution in [3.8, 4) is 23.0 Å². The monoisotopic (exact) mass is 1550 g/mol. The van der Waals surface area contributed by atoms with Crippen molar-refractivity contribution < 1.29 is 38.4 Å². The van der Waals surface area contributed by atoms with Gasteiger partial charge in [-0.05, 0) is 126 Å². The first kappa shape index (κ1) is 78.3. The van der Waals surface area contributed by atoms with Crippen LogP contribution in [-0.2, 0) is 31.2 Å². The molecule has 1 aliphatic heterocycles. The Morgan fingerprint density at radius 2 is 0.750 bits per heavy atom. The van der Waals surface area contributed by atoms with E-state index >= 15 is 0 Å². The average Bonchev–Trinajstić information content (AvgIpc) is 0.904. The van der Waals surface area contributed by atoms with Gasteiger partial charge in [-0.2, -0.15) is 12.6 Å². The zero-order valence-electron chi connectivity index (χ0n) is 55.8. The summed E-state index contributed by atoms with van der Waals surface area (Å²) in [4.78, 5) is 81.6. The van der Waals surface area contributed by atoms with Gasteiger partial charge in [-0.3, -0.25) is 28.8 Å². The molecule has 8 aromatic carbocycles. The summed E-state index contributed by atoms with van der Waals surface area (Å²) in [6, 6.07) is 66.6. The van der Waals surface area contributed by atoms with Crippen molar-refractivity contribution in [2.75, 3.05) is 35.5 Å². The van der Waals surface area contributed by atoms with Crippen LogP contribution in [0.3, 0.4) is 0 Å². The number of Topliss-reactive ketones (excluding diaryl/α,β-unsaturated/α-hetero) is 2. The van der Waals surface area contributed by atoms with E-state index in [0.717, 1.165) is 62.7 Å². The van der Waals surface area contributed by atoms with E-state index in [1.54, 1.807) is 60.9 Å². The summed E-state index contributed by atoms with van der Waals surface area (Å²) in [6.07, 6.45) is 3.60. The summed E-state index contributed by atoms with van der Waals surface area (Å²) in [7, 11) is 4.50. The molecule has 0 unspecified atom stereocenters. The number of fused-ring (bicyclic) bond motifs is 4. The van der Waals surface area contributed by atoms with Gasteiger partial charge in [0.1, 0.15) is 49.4 Å². The molecule has 1 fully saturated rings. The van der Waals surface area contributed by atoms with Crippen LogP contribution in [0.2, 0.25) is 6.82 Å². The van der Waals surface area contributed by atoms with E-state index in [1.165, 1.54) is 50.4 Å². The molecule has 5 heterocycles. The van der Waals surface area contributed by atoms with Crippen LogP contribution in [0.25, 0.3) is 43.6 Å². The molecule has 2 radical (unpaired) electrons. The minimum Gasteiger partial charge on any atom is -0.487 e. The average molecular weight is 1560 g/mol. The Bertz CT molecular complexity index is 4660. The lowest BCUT2D eigenvalue weighted by Crippen LogP contribution is -2.08. The molecule has 0 spiro atoms. The first-order valence-corrected chi connectivity index (χ1v) is 36.3. The van der Waals surface area contributed by atoms with E-state index in [4.69, 9.17) is 23.7 Å². The highest BCUT2D eigenvalue weighted by atomic mass is 79.9. The third kappa shape index (κ3) is 22.7. The Labute approximate surface area is 612 Å². The maximum Gasteiger partial charge on any atom is 0.248 e. The highest BCUT2D eigenvalue weighted by Crippen LogP contribution is 2.34. The van der Waals surface area contributed by atoms with Crippen molar-refractivity contribution in [2.24, 2.45) is 0 Å². The molecule has 12 aromatic rings. The van der Waals surface area contributed by atoms with Crippen molar-refractivity contribution in [1.29, 1.82) is 0 Å². The first-order chi connectivity index (χ1) is 48.7. The Kier molecular flexibility index (Phi) is 32.5. The smallest absolute Gasteiger partial charge is 0.248 e. The minimum absolute atomic E-state index is 0.0448. The summed E-state index contributed by atoms with van der Waals surface area (Å²) in [5, 5.41) is 14.8. The number of nitrogens with one attached hydrogen (secondary N) is 4. The van der Waals surface area contributed by atoms with Crippen molar-refractivity contribution in [3.05, 3.63) is 304 Å². The summed E-state index contributed by atoms with van der Waals surface area (Å²) in [5.74, 6) is 2.66. The number of halogens is 3. The molecule has 1 saturated heterocycles. The molecule has 0 saturated carbocycles. The minimum atomic E-state index is -0.647. The van der Waals surface area contributed by atoms with Crippen LogP contribution in [0.5, 0.6) is 23.0 Å². The zero-order chi connectivity index (χ0) is 71.8. The molecule has 2 atom stereocenters. The number of aliphatic hydroxyl groups excluding tert-OH is 1. The fraction of sp³-hybridized carbons (Fsp3) is 0.215. The summed E-state index contributed by atoms with van der Waals surface area (Å²) in [6.45, 7) is 8.82. The number of pyridine rings is 4. The number of ketones is 2. The number of rotatable bonds is 19. The number of benzene rings is 8. The topological polar surface area (TPSA) is 232 Å². The van der Waals surface area contributed by atoms with Gasteiger partial charge in [0, 0.05) is 80.8 Å². The van der Waals surface area contributed by atoms with Gasteiger partial charge in [0.2, 0.25) is 22.2 Å². The van der Waals surface area contributed by atoms with Gasteiger partial charge in [0.05, 0.1) is 41.3 Å². The Hall–Kier alpha value is -9.09. The van der Waals surface area contributed by atoms with Crippen LogP contribution >= 0.6 is 60.4 Å². The van der Waals surface area contributed by atoms with E-state index < -0.39 is 6.10 Å². The third-order valence-electron chi connectivity index (χ3n) is 15.3. The maximum atomic E-state index is 12.0. The fourth-order valence-electron chi connectivity index (χ4n) is 10.4. The largest absolute Gasteiger partial charge is 0.487 e. The molecule has 0 amide bonds. The van der Waals surface area contributed by atoms with E-state index in [9.17, 15) is 33.9 Å². The third-order valence-corrected chi connectivity index (χ3v) is 17.4. The molecule has 5 N–H and O–H groups in total. The predicted molar refractivity (Wildman–Crippen MR) is 417 cm³/mol. The van der Waals surface area contributed by atoms with Crippen LogP contribution in [0.15, 0.2) is 238 Å². The van der Waals surface area contributed by atoms with Crippen LogP contribution < -0.4 is 41.2 Å². The standard InChI is InChI=1S/C19H18BrNO2.C18H16BrNO3.C18H14BrNO3.C18H15NO3.C4H8O.CH3B.CH4S/c1-13(11-20)15-7-9-17(19-16(15)8-10-18(22)21-19)23-12-14-5-3-2-4-6-14;2*19-10-15(21)13-6-8-16(18-14(13)7-9-17(22)20-18)23-11-12-4-2-1-3-5-12;1-12(20)14-7-9-16(18-15(14)8-10-17(21)19-18)22-11-13-5-3-2-4-6-13;1-2-4-5-3-1;2*1-2/h2-10,13H,11-12H2,1H3,(H,21,22);1-9,15,21H,10-11H2,(H,20,22);1-9H,10-11H2,(H,20,22);2-10H,11H2,1H3,(H,19,21);1-4H2;1H3;2H,1H3/t13-;15-;;;;;/m00...../s1. The van der Waals surface area contributed by atoms with Gasteiger partial charge in [-0.25, -0.2) is 0 Å². The Morgan fingerprint density at radius 1 is 0.440 bits per heavy atom. The number of alkyl halides is 3. The van der Waals surface area contributed by atoms with E-state index in [1.807, 2.05) is 140 Å². The van der Waals surface area contributed by atoms with Crippen LogP contribution in [-0.4, -0.2) is 79.9 Å².